The van der Waals surface area contributed by atoms with Gasteiger partial charge >= 0.3 is 6.18 Å². The molecule has 2 heterocycles. The molecule has 0 radical (unpaired) electrons. The second kappa shape index (κ2) is 5.72. The number of H-pyrrole nitrogens is 1. The molecule has 0 amide bonds. The molecule has 1 saturated heterocycles. The van der Waals surface area contributed by atoms with Gasteiger partial charge < -0.3 is 15.0 Å². The zero-order valence-electron chi connectivity index (χ0n) is 11.9. The Morgan fingerprint density at radius 3 is 2.78 bits per heavy atom. The van der Waals surface area contributed by atoms with Gasteiger partial charge in [0.05, 0.1) is 11.1 Å². The second-order valence-corrected chi connectivity index (χ2v) is 6.01. The number of aliphatic hydroxyl groups excluding tert-OH is 1. The Balaban J connectivity index is 2.00. The SMILES string of the molecule is O=c1cc(Cl)c2cc(N3CCCC3[C@@H](O)C(F)(F)F)ccc2[nH]1. The van der Waals surface area contributed by atoms with Gasteiger partial charge in [-0.05, 0) is 31.0 Å². The van der Waals surface area contributed by atoms with Crippen LogP contribution in [0.15, 0.2) is 29.1 Å². The summed E-state index contributed by atoms with van der Waals surface area (Å²) in [5, 5.41) is 10.4. The van der Waals surface area contributed by atoms with Crippen LogP contribution in [0.3, 0.4) is 0 Å². The fourth-order valence-electron chi connectivity index (χ4n) is 3.04. The monoisotopic (exact) mass is 346 g/mol. The summed E-state index contributed by atoms with van der Waals surface area (Å²) in [6.45, 7) is 0.421. The van der Waals surface area contributed by atoms with Crippen LogP contribution in [0.2, 0.25) is 5.02 Å². The number of alkyl halides is 3. The van der Waals surface area contributed by atoms with Crippen molar-refractivity contribution in [3.63, 3.8) is 0 Å². The van der Waals surface area contributed by atoms with Crippen molar-refractivity contribution in [3.8, 4) is 0 Å². The average molecular weight is 347 g/mol. The fraction of sp³-hybridized carbons (Fsp3) is 0.400. The highest BCUT2D eigenvalue weighted by Crippen LogP contribution is 2.35. The van der Waals surface area contributed by atoms with E-state index in [1.807, 2.05) is 0 Å². The van der Waals surface area contributed by atoms with Crippen LogP contribution >= 0.6 is 11.6 Å². The Morgan fingerprint density at radius 1 is 1.35 bits per heavy atom. The highest BCUT2D eigenvalue weighted by Gasteiger charge is 2.47. The van der Waals surface area contributed by atoms with Crippen molar-refractivity contribution in [3.05, 3.63) is 39.6 Å². The number of pyridine rings is 1. The van der Waals surface area contributed by atoms with E-state index in [0.29, 0.717) is 29.6 Å². The van der Waals surface area contributed by atoms with E-state index in [9.17, 15) is 23.1 Å². The van der Waals surface area contributed by atoms with Gasteiger partial charge in [-0.2, -0.15) is 13.2 Å². The van der Waals surface area contributed by atoms with E-state index in [4.69, 9.17) is 11.6 Å². The largest absolute Gasteiger partial charge is 0.416 e. The summed E-state index contributed by atoms with van der Waals surface area (Å²) in [7, 11) is 0. The summed E-state index contributed by atoms with van der Waals surface area (Å²) in [4.78, 5) is 15.5. The number of aromatic nitrogens is 1. The molecule has 4 nitrogen and oxygen atoms in total. The molecular formula is C15H14ClF3N2O2. The van der Waals surface area contributed by atoms with E-state index in [0.717, 1.165) is 0 Å². The fourth-order valence-corrected chi connectivity index (χ4v) is 3.29. The van der Waals surface area contributed by atoms with Crippen molar-refractivity contribution >= 4 is 28.2 Å². The summed E-state index contributed by atoms with van der Waals surface area (Å²) >= 11 is 6.04. The number of hydrogen-bond donors (Lipinski definition) is 2. The number of hydrogen-bond acceptors (Lipinski definition) is 3. The molecule has 0 saturated carbocycles. The topological polar surface area (TPSA) is 56.3 Å². The molecule has 1 aliphatic heterocycles. The van der Waals surface area contributed by atoms with Crippen molar-refractivity contribution in [2.24, 2.45) is 0 Å². The number of rotatable bonds is 2. The Labute approximate surface area is 134 Å². The summed E-state index contributed by atoms with van der Waals surface area (Å²) in [5.74, 6) is 0. The van der Waals surface area contributed by atoms with E-state index in [2.05, 4.69) is 4.98 Å². The molecule has 0 bridgehead atoms. The van der Waals surface area contributed by atoms with Gasteiger partial charge in [0.25, 0.3) is 0 Å². The van der Waals surface area contributed by atoms with E-state index in [1.54, 1.807) is 23.1 Å². The molecule has 2 aromatic rings. The number of anilines is 1. The number of benzene rings is 1. The minimum absolute atomic E-state index is 0.234. The van der Waals surface area contributed by atoms with Gasteiger partial charge in [-0.3, -0.25) is 4.79 Å². The zero-order chi connectivity index (χ0) is 16.8. The van der Waals surface area contributed by atoms with Crippen LogP contribution in [0, 0.1) is 0 Å². The van der Waals surface area contributed by atoms with Crippen LogP contribution in [0.5, 0.6) is 0 Å². The molecule has 3 rings (SSSR count). The quantitative estimate of drug-likeness (QED) is 0.878. The third-order valence-electron chi connectivity index (χ3n) is 4.11. The zero-order valence-corrected chi connectivity index (χ0v) is 12.7. The molecule has 1 aliphatic rings. The molecule has 2 N–H and O–H groups in total. The maximum absolute atomic E-state index is 12.8. The molecule has 0 aliphatic carbocycles. The predicted octanol–water partition coefficient (Wildman–Crippen LogP) is 3.07. The van der Waals surface area contributed by atoms with Gasteiger partial charge in [-0.15, -0.1) is 0 Å². The highest BCUT2D eigenvalue weighted by molar-refractivity contribution is 6.35. The van der Waals surface area contributed by atoms with Gasteiger partial charge in [-0.25, -0.2) is 0 Å². The number of aliphatic hydroxyl groups is 1. The Kier molecular flexibility index (Phi) is 4.01. The first-order valence-electron chi connectivity index (χ1n) is 7.11. The molecular weight excluding hydrogens is 333 g/mol. The summed E-state index contributed by atoms with van der Waals surface area (Å²) in [6.07, 6.45) is -6.23. The average Bonchev–Trinajstić information content (AvgIpc) is 2.94. The molecule has 1 aromatic heterocycles. The minimum Gasteiger partial charge on any atom is -0.382 e. The molecule has 1 fully saturated rings. The Morgan fingerprint density at radius 2 is 2.09 bits per heavy atom. The third-order valence-corrected chi connectivity index (χ3v) is 4.42. The van der Waals surface area contributed by atoms with Crippen molar-refractivity contribution in [1.29, 1.82) is 0 Å². The summed E-state index contributed by atoms with van der Waals surface area (Å²) in [6, 6.07) is 5.06. The lowest BCUT2D eigenvalue weighted by Gasteiger charge is -2.31. The standard InChI is InChI=1S/C15H14ClF3N2O2/c16-10-7-13(22)20-11-4-3-8(6-9(10)11)21-5-1-2-12(21)14(23)15(17,18)19/h3-4,6-7,12,14,23H,1-2,5H2,(H,20,22)/t12?,14-/m1/s1. The lowest BCUT2D eigenvalue weighted by Crippen LogP contribution is -2.47. The Bertz CT molecular complexity index is 790. The first kappa shape index (κ1) is 16.1. The van der Waals surface area contributed by atoms with Crippen LogP contribution < -0.4 is 10.5 Å². The van der Waals surface area contributed by atoms with E-state index in [1.165, 1.54) is 6.07 Å². The smallest absolute Gasteiger partial charge is 0.382 e. The molecule has 8 heteroatoms. The summed E-state index contributed by atoms with van der Waals surface area (Å²) < 4.78 is 38.4. The number of fused-ring (bicyclic) bond motifs is 1. The summed E-state index contributed by atoms with van der Waals surface area (Å²) in [5.41, 5.74) is 0.706. The number of nitrogens with one attached hydrogen (secondary N) is 1. The minimum atomic E-state index is -4.66. The first-order valence-corrected chi connectivity index (χ1v) is 7.49. The van der Waals surface area contributed by atoms with Gasteiger partial charge in [0.15, 0.2) is 6.10 Å². The van der Waals surface area contributed by atoms with Crippen molar-refractivity contribution in [2.45, 2.75) is 31.2 Å². The van der Waals surface area contributed by atoms with Crippen LogP contribution in [-0.4, -0.2) is 35.0 Å². The molecule has 124 valence electrons. The first-order chi connectivity index (χ1) is 10.8. The van der Waals surface area contributed by atoms with Crippen LogP contribution in [-0.2, 0) is 0 Å². The number of aromatic amines is 1. The maximum atomic E-state index is 12.8. The van der Waals surface area contributed by atoms with Gasteiger partial charge in [-0.1, -0.05) is 11.6 Å². The normalized spacial score (nSPS) is 20.2. The molecule has 23 heavy (non-hydrogen) atoms. The van der Waals surface area contributed by atoms with Crippen LogP contribution in [0.25, 0.3) is 10.9 Å². The van der Waals surface area contributed by atoms with Gasteiger partial charge in [0.1, 0.15) is 0 Å². The lowest BCUT2D eigenvalue weighted by molar-refractivity contribution is -0.209. The van der Waals surface area contributed by atoms with Crippen LogP contribution in [0.4, 0.5) is 18.9 Å². The molecule has 2 atom stereocenters. The lowest BCUT2D eigenvalue weighted by atomic mass is 10.1. The molecule has 1 unspecified atom stereocenters. The van der Waals surface area contributed by atoms with E-state index < -0.39 is 18.3 Å². The maximum Gasteiger partial charge on any atom is 0.416 e. The van der Waals surface area contributed by atoms with Crippen molar-refractivity contribution < 1.29 is 18.3 Å². The van der Waals surface area contributed by atoms with E-state index >= 15 is 0 Å². The number of nitrogens with zero attached hydrogens (tertiary/aromatic N) is 1. The Hall–Kier alpha value is -1.73. The van der Waals surface area contributed by atoms with Crippen molar-refractivity contribution in [1.82, 2.24) is 4.98 Å². The van der Waals surface area contributed by atoms with E-state index in [-0.39, 0.29) is 17.0 Å². The molecule has 1 aromatic carbocycles. The third kappa shape index (κ3) is 3.03. The van der Waals surface area contributed by atoms with Crippen LogP contribution in [0.1, 0.15) is 12.8 Å². The van der Waals surface area contributed by atoms with Gasteiger partial charge in [0.2, 0.25) is 5.56 Å². The molecule has 0 spiro atoms. The predicted molar refractivity (Wildman–Crippen MR) is 82.0 cm³/mol. The number of halogens is 4. The van der Waals surface area contributed by atoms with Gasteiger partial charge in [0, 0.05) is 29.2 Å². The van der Waals surface area contributed by atoms with Crippen molar-refractivity contribution in [2.75, 3.05) is 11.4 Å². The highest BCUT2D eigenvalue weighted by atomic mass is 35.5. The second-order valence-electron chi connectivity index (χ2n) is 5.60.